The first-order chi connectivity index (χ1) is 15.0. The van der Waals surface area contributed by atoms with Crippen molar-refractivity contribution in [2.75, 3.05) is 13.7 Å². The van der Waals surface area contributed by atoms with E-state index in [0.717, 1.165) is 5.56 Å². The minimum atomic E-state index is -0.540. The smallest absolute Gasteiger partial charge is 0.306 e. The van der Waals surface area contributed by atoms with Gasteiger partial charge in [-0.25, -0.2) is 9.37 Å². The van der Waals surface area contributed by atoms with E-state index in [1.54, 1.807) is 19.2 Å². The molecule has 0 radical (unpaired) electrons. The van der Waals surface area contributed by atoms with E-state index in [-0.39, 0.29) is 31.3 Å². The Morgan fingerprint density at radius 1 is 1.16 bits per heavy atom. The highest BCUT2D eigenvalue weighted by atomic mass is 19.1. The fourth-order valence-corrected chi connectivity index (χ4v) is 2.99. The van der Waals surface area contributed by atoms with Crippen molar-refractivity contribution in [3.05, 3.63) is 72.0 Å². The number of hydrogen-bond donors (Lipinski definition) is 1. The second-order valence-corrected chi connectivity index (χ2v) is 6.82. The zero-order chi connectivity index (χ0) is 22.2. The number of aromatic nitrogens is 1. The van der Waals surface area contributed by atoms with Crippen LogP contribution in [0.1, 0.15) is 30.8 Å². The number of carbonyl (C=O) groups excluding carboxylic acids is 2. The van der Waals surface area contributed by atoms with Crippen molar-refractivity contribution < 1.29 is 27.9 Å². The zero-order valence-corrected chi connectivity index (χ0v) is 17.3. The van der Waals surface area contributed by atoms with Crippen LogP contribution in [0.2, 0.25) is 0 Å². The van der Waals surface area contributed by atoms with Crippen molar-refractivity contribution >= 4 is 11.9 Å². The normalized spacial score (nSPS) is 11.6. The number of amides is 1. The predicted octanol–water partition coefficient (Wildman–Crippen LogP) is 3.84. The van der Waals surface area contributed by atoms with E-state index in [9.17, 15) is 14.0 Å². The lowest BCUT2D eigenvalue weighted by Crippen LogP contribution is -2.31. The number of esters is 1. The Labute approximate surface area is 179 Å². The Morgan fingerprint density at radius 3 is 2.65 bits per heavy atom. The molecular weight excluding hydrogens is 403 g/mol. The van der Waals surface area contributed by atoms with Crippen molar-refractivity contribution in [2.45, 2.75) is 25.8 Å². The lowest BCUT2D eigenvalue weighted by Gasteiger charge is -2.17. The molecular formula is C23H23FN2O5. The number of ether oxygens (including phenoxy) is 2. The first kappa shape index (κ1) is 22.0. The second kappa shape index (κ2) is 10.4. The fraction of sp³-hybridized carbons (Fsp3) is 0.261. The van der Waals surface area contributed by atoms with Gasteiger partial charge in [-0.15, -0.1) is 0 Å². The summed E-state index contributed by atoms with van der Waals surface area (Å²) in [6.07, 6.45) is 1.75. The molecule has 8 heteroatoms. The molecule has 0 aliphatic rings. The molecule has 1 atom stereocenters. The maximum atomic E-state index is 13.0. The van der Waals surface area contributed by atoms with Gasteiger partial charge in [0.1, 0.15) is 11.6 Å². The molecule has 1 amide bonds. The Hall–Kier alpha value is -3.68. The largest absolute Gasteiger partial charge is 0.496 e. The van der Waals surface area contributed by atoms with Crippen LogP contribution in [0, 0.1) is 5.82 Å². The summed E-state index contributed by atoms with van der Waals surface area (Å²) in [4.78, 5) is 28.2. The average molecular weight is 426 g/mol. The molecule has 7 nitrogen and oxygen atoms in total. The first-order valence-corrected chi connectivity index (χ1v) is 9.75. The summed E-state index contributed by atoms with van der Waals surface area (Å²) in [5.74, 6) is 0.201. The van der Waals surface area contributed by atoms with Gasteiger partial charge in [0, 0.05) is 17.5 Å². The highest BCUT2D eigenvalue weighted by molar-refractivity contribution is 5.81. The van der Waals surface area contributed by atoms with Crippen LogP contribution in [0.15, 0.2) is 59.1 Å². The topological polar surface area (TPSA) is 90.7 Å². The average Bonchev–Trinajstić information content (AvgIpc) is 3.25. The monoisotopic (exact) mass is 426 g/mol. The number of aryl methyl sites for hydroxylation is 1. The number of rotatable bonds is 9. The van der Waals surface area contributed by atoms with Gasteiger partial charge in [0.15, 0.2) is 18.3 Å². The van der Waals surface area contributed by atoms with Crippen LogP contribution in [-0.4, -0.2) is 30.6 Å². The second-order valence-electron chi connectivity index (χ2n) is 6.82. The van der Waals surface area contributed by atoms with Gasteiger partial charge < -0.3 is 19.2 Å². The Bertz CT molecular complexity index is 1030. The lowest BCUT2D eigenvalue weighted by molar-refractivity contribution is -0.148. The minimum absolute atomic E-state index is 0.0126. The van der Waals surface area contributed by atoms with Gasteiger partial charge in [-0.2, -0.15) is 0 Å². The zero-order valence-electron chi connectivity index (χ0n) is 17.3. The van der Waals surface area contributed by atoms with Gasteiger partial charge in [0.2, 0.25) is 0 Å². The molecule has 0 bridgehead atoms. The van der Waals surface area contributed by atoms with E-state index in [1.165, 1.54) is 18.3 Å². The number of para-hydroxylation sites is 1. The van der Waals surface area contributed by atoms with Crippen molar-refractivity contribution in [1.29, 1.82) is 0 Å². The quantitative estimate of drug-likeness (QED) is 0.523. The first-order valence-electron chi connectivity index (χ1n) is 9.75. The molecule has 1 heterocycles. The summed E-state index contributed by atoms with van der Waals surface area (Å²) < 4.78 is 28.9. The van der Waals surface area contributed by atoms with Gasteiger partial charge in [0.05, 0.1) is 25.8 Å². The van der Waals surface area contributed by atoms with Gasteiger partial charge in [-0.1, -0.05) is 18.2 Å². The lowest BCUT2D eigenvalue weighted by atomic mass is 10.1. The third-order valence-electron chi connectivity index (χ3n) is 4.57. The molecule has 1 aromatic heterocycles. The molecule has 0 fully saturated rings. The van der Waals surface area contributed by atoms with Crippen LogP contribution in [0.5, 0.6) is 5.75 Å². The summed E-state index contributed by atoms with van der Waals surface area (Å²) >= 11 is 0. The molecule has 0 saturated carbocycles. The molecule has 3 rings (SSSR count). The van der Waals surface area contributed by atoms with Crippen LogP contribution in [0.3, 0.4) is 0 Å². The molecule has 1 N–H and O–H groups in total. The fourth-order valence-electron chi connectivity index (χ4n) is 2.99. The van der Waals surface area contributed by atoms with Crippen LogP contribution in [-0.2, 0) is 20.7 Å². The van der Waals surface area contributed by atoms with E-state index in [4.69, 9.17) is 13.9 Å². The molecule has 0 aliphatic carbocycles. The molecule has 0 aliphatic heterocycles. The van der Waals surface area contributed by atoms with Crippen LogP contribution in [0.4, 0.5) is 4.39 Å². The van der Waals surface area contributed by atoms with Crippen LogP contribution >= 0.6 is 0 Å². The Kier molecular flexibility index (Phi) is 7.37. The third kappa shape index (κ3) is 6.15. The summed E-state index contributed by atoms with van der Waals surface area (Å²) in [6, 6.07) is 12.9. The van der Waals surface area contributed by atoms with Gasteiger partial charge in [0.25, 0.3) is 5.91 Å². The molecule has 2 aromatic carbocycles. The van der Waals surface area contributed by atoms with E-state index in [1.807, 2.05) is 31.2 Å². The van der Waals surface area contributed by atoms with E-state index in [2.05, 4.69) is 10.3 Å². The van der Waals surface area contributed by atoms with Crippen molar-refractivity contribution in [3.8, 4) is 17.1 Å². The van der Waals surface area contributed by atoms with E-state index in [0.29, 0.717) is 23.0 Å². The highest BCUT2D eigenvalue weighted by Crippen LogP contribution is 2.24. The van der Waals surface area contributed by atoms with Crippen LogP contribution in [0.25, 0.3) is 11.3 Å². The summed E-state index contributed by atoms with van der Waals surface area (Å²) in [5, 5.41) is 2.77. The Morgan fingerprint density at radius 2 is 1.90 bits per heavy atom. The predicted molar refractivity (Wildman–Crippen MR) is 111 cm³/mol. The number of oxazole rings is 1. The molecule has 1 unspecified atom stereocenters. The van der Waals surface area contributed by atoms with Gasteiger partial charge >= 0.3 is 5.97 Å². The maximum Gasteiger partial charge on any atom is 0.306 e. The minimum Gasteiger partial charge on any atom is -0.496 e. The van der Waals surface area contributed by atoms with Crippen LogP contribution < -0.4 is 10.1 Å². The SMILES string of the molecule is COc1ccccc1C(C)NC(=O)COC(=O)CCc1ncc(-c2ccc(F)cc2)o1. The van der Waals surface area contributed by atoms with Crippen molar-refractivity contribution in [2.24, 2.45) is 0 Å². The number of carbonyl (C=O) groups is 2. The molecule has 31 heavy (non-hydrogen) atoms. The van der Waals surface area contributed by atoms with Crippen molar-refractivity contribution in [3.63, 3.8) is 0 Å². The molecule has 3 aromatic rings. The summed E-state index contributed by atoms with van der Waals surface area (Å²) in [7, 11) is 1.56. The standard InChI is InChI=1S/C23H23FN2O5/c1-15(18-5-3-4-6-19(18)29-2)26-21(27)14-30-23(28)12-11-22-25-13-20(31-22)16-7-9-17(24)10-8-16/h3-10,13,15H,11-12,14H2,1-2H3,(H,26,27). The number of nitrogens with zero attached hydrogens (tertiary/aromatic N) is 1. The number of halogens is 1. The third-order valence-corrected chi connectivity index (χ3v) is 4.57. The van der Waals surface area contributed by atoms with Gasteiger partial charge in [-0.3, -0.25) is 9.59 Å². The van der Waals surface area contributed by atoms with Gasteiger partial charge in [-0.05, 0) is 37.3 Å². The number of benzene rings is 2. The maximum absolute atomic E-state index is 13.0. The number of nitrogens with one attached hydrogen (secondary N) is 1. The molecule has 0 spiro atoms. The molecule has 162 valence electrons. The van der Waals surface area contributed by atoms with E-state index < -0.39 is 11.9 Å². The number of methoxy groups -OCH3 is 1. The summed E-state index contributed by atoms with van der Waals surface area (Å²) in [5.41, 5.74) is 1.51. The number of hydrogen-bond acceptors (Lipinski definition) is 6. The van der Waals surface area contributed by atoms with E-state index >= 15 is 0 Å². The molecule has 0 saturated heterocycles. The van der Waals surface area contributed by atoms with Crippen molar-refractivity contribution in [1.82, 2.24) is 10.3 Å². The summed E-state index contributed by atoms with van der Waals surface area (Å²) in [6.45, 7) is 1.43. The highest BCUT2D eigenvalue weighted by Gasteiger charge is 2.15. The Balaban J connectivity index is 1.43.